The number of benzene rings is 1. The number of ether oxygens (including phenoxy) is 2. The predicted molar refractivity (Wildman–Crippen MR) is 143 cm³/mol. The summed E-state index contributed by atoms with van der Waals surface area (Å²) in [5.74, 6) is -0.257. The molecule has 1 aromatic rings. The number of anilines is 1. The number of aryl methyl sites for hydroxylation is 1. The van der Waals surface area contributed by atoms with E-state index in [2.05, 4.69) is 48.8 Å². The minimum Gasteiger partial charge on any atom is -0.396 e. The lowest BCUT2D eigenvalue weighted by molar-refractivity contribution is -0.135. The lowest BCUT2D eigenvalue weighted by Gasteiger charge is -2.34. The summed E-state index contributed by atoms with van der Waals surface area (Å²) in [5.41, 5.74) is 4.94. The second-order valence-electron chi connectivity index (χ2n) is 9.11. The van der Waals surface area contributed by atoms with Crippen LogP contribution < -0.4 is 10.2 Å². The van der Waals surface area contributed by atoms with Crippen LogP contribution in [0.25, 0.3) is 5.57 Å². The number of aliphatic hydroxyl groups is 1. The molecule has 2 amide bonds. The second-order valence-corrected chi connectivity index (χ2v) is 9.11. The molecule has 0 spiro atoms. The Kier molecular flexibility index (Phi) is 15.6. The molecule has 1 aromatic carbocycles. The average molecular weight is 505 g/mol. The van der Waals surface area contributed by atoms with Crippen molar-refractivity contribution in [3.05, 3.63) is 35.9 Å². The van der Waals surface area contributed by atoms with Gasteiger partial charge in [-0.15, -0.1) is 0 Å². The molecule has 1 unspecified atom stereocenters. The summed E-state index contributed by atoms with van der Waals surface area (Å²) in [7, 11) is 0. The van der Waals surface area contributed by atoms with Crippen molar-refractivity contribution in [2.24, 2.45) is 5.92 Å². The van der Waals surface area contributed by atoms with Gasteiger partial charge in [0.25, 0.3) is 0 Å². The normalized spacial score (nSPS) is 17.8. The number of nitrogens with zero attached hydrogens (tertiary/aromatic N) is 1. The Morgan fingerprint density at radius 2 is 1.86 bits per heavy atom. The molecule has 3 rings (SSSR count). The number of nitrogens with one attached hydrogen (secondary N) is 1. The maximum absolute atomic E-state index is 10.7. The predicted octanol–water partition coefficient (Wildman–Crippen LogP) is 3.68. The fourth-order valence-corrected chi connectivity index (χ4v) is 3.89. The zero-order chi connectivity index (χ0) is 26.9. The van der Waals surface area contributed by atoms with Gasteiger partial charge in [0.2, 0.25) is 11.8 Å². The van der Waals surface area contributed by atoms with Crippen molar-refractivity contribution >= 4 is 29.4 Å². The third-order valence-corrected chi connectivity index (χ3v) is 6.03. The Morgan fingerprint density at radius 3 is 2.42 bits per heavy atom. The Hall–Kier alpha value is -2.55. The van der Waals surface area contributed by atoms with E-state index in [9.17, 15) is 9.59 Å². The number of rotatable bonds is 9. The van der Waals surface area contributed by atoms with E-state index >= 15 is 0 Å². The SMILES string of the molecule is C=C(C)c1cc(N2CCC(OCCOCCCO)CC2)ccc1C.CC1CCC(=O)NC1=O.CC=O. The monoisotopic (exact) mass is 504 g/mol. The van der Waals surface area contributed by atoms with Gasteiger partial charge in [-0.2, -0.15) is 0 Å². The molecule has 0 aromatic heterocycles. The first-order valence-corrected chi connectivity index (χ1v) is 12.8. The van der Waals surface area contributed by atoms with Crippen molar-refractivity contribution in [2.45, 2.75) is 65.9 Å². The van der Waals surface area contributed by atoms with E-state index in [-0.39, 0.29) is 24.3 Å². The van der Waals surface area contributed by atoms with Crippen molar-refractivity contribution < 1.29 is 29.0 Å². The molecular formula is C28H44N2O6. The van der Waals surface area contributed by atoms with Crippen molar-refractivity contribution in [1.82, 2.24) is 5.32 Å². The van der Waals surface area contributed by atoms with Gasteiger partial charge in [0.05, 0.1) is 19.3 Å². The van der Waals surface area contributed by atoms with E-state index in [1.165, 1.54) is 23.7 Å². The van der Waals surface area contributed by atoms with E-state index in [1.807, 2.05) is 6.92 Å². The van der Waals surface area contributed by atoms with E-state index in [0.717, 1.165) is 37.8 Å². The molecule has 2 saturated heterocycles. The molecule has 2 N–H and O–H groups in total. The highest BCUT2D eigenvalue weighted by Crippen LogP contribution is 2.26. The number of aldehydes is 1. The molecule has 0 radical (unpaired) electrons. The maximum atomic E-state index is 10.7. The highest BCUT2D eigenvalue weighted by atomic mass is 16.5. The van der Waals surface area contributed by atoms with Crippen molar-refractivity contribution in [1.29, 1.82) is 0 Å². The summed E-state index contributed by atoms with van der Waals surface area (Å²) in [6.07, 6.45) is 5.06. The molecule has 1 atom stereocenters. The van der Waals surface area contributed by atoms with Crippen LogP contribution in [0, 0.1) is 12.8 Å². The van der Waals surface area contributed by atoms with Gasteiger partial charge in [-0.05, 0) is 69.7 Å². The van der Waals surface area contributed by atoms with Gasteiger partial charge in [-0.3, -0.25) is 14.9 Å². The number of carbonyl (C=O) groups excluding carboxylic acids is 3. The van der Waals surface area contributed by atoms with Crippen LogP contribution in [0.1, 0.15) is 64.0 Å². The van der Waals surface area contributed by atoms with Gasteiger partial charge in [0.15, 0.2) is 0 Å². The Bertz CT molecular complexity index is 833. The molecule has 0 saturated carbocycles. The van der Waals surface area contributed by atoms with Gasteiger partial charge in [0, 0.05) is 44.3 Å². The van der Waals surface area contributed by atoms with Crippen molar-refractivity contribution in [3.63, 3.8) is 0 Å². The highest BCUT2D eigenvalue weighted by molar-refractivity contribution is 5.98. The van der Waals surface area contributed by atoms with E-state index in [0.29, 0.717) is 45.2 Å². The molecule has 0 aliphatic carbocycles. The van der Waals surface area contributed by atoms with Crippen LogP contribution >= 0.6 is 0 Å². The fraction of sp³-hybridized carbons (Fsp3) is 0.607. The number of hydrogen-bond acceptors (Lipinski definition) is 7. The average Bonchev–Trinajstić information content (AvgIpc) is 2.85. The number of amides is 2. The first-order chi connectivity index (χ1) is 17.2. The van der Waals surface area contributed by atoms with Gasteiger partial charge in [-0.1, -0.05) is 25.1 Å². The first kappa shape index (κ1) is 31.5. The van der Waals surface area contributed by atoms with Gasteiger partial charge >= 0.3 is 0 Å². The number of allylic oxidation sites excluding steroid dienone is 1. The number of hydrogen-bond donors (Lipinski definition) is 2. The summed E-state index contributed by atoms with van der Waals surface area (Å²) < 4.78 is 11.3. The van der Waals surface area contributed by atoms with Crippen LogP contribution in [-0.4, -0.2) is 68.8 Å². The number of aliphatic hydroxyl groups excluding tert-OH is 1. The Balaban J connectivity index is 0.000000446. The Labute approximate surface area is 216 Å². The van der Waals surface area contributed by atoms with E-state index in [1.54, 1.807) is 0 Å². The number of carbonyl (C=O) groups is 3. The molecule has 0 bridgehead atoms. The lowest BCUT2D eigenvalue weighted by Crippen LogP contribution is -2.39. The molecule has 8 nitrogen and oxygen atoms in total. The zero-order valence-corrected chi connectivity index (χ0v) is 22.4. The molecule has 36 heavy (non-hydrogen) atoms. The lowest BCUT2D eigenvalue weighted by atomic mass is 10.0. The third kappa shape index (κ3) is 11.9. The van der Waals surface area contributed by atoms with E-state index in [4.69, 9.17) is 19.4 Å². The zero-order valence-electron chi connectivity index (χ0n) is 22.4. The summed E-state index contributed by atoms with van der Waals surface area (Å²) in [4.78, 5) is 32.4. The molecule has 2 aliphatic heterocycles. The number of imide groups is 1. The largest absolute Gasteiger partial charge is 0.396 e. The Morgan fingerprint density at radius 1 is 1.19 bits per heavy atom. The van der Waals surface area contributed by atoms with Crippen LogP contribution in [0.15, 0.2) is 24.8 Å². The van der Waals surface area contributed by atoms with Crippen molar-refractivity contribution in [2.75, 3.05) is 44.4 Å². The molecule has 2 fully saturated rings. The van der Waals surface area contributed by atoms with Crippen LogP contribution in [0.5, 0.6) is 0 Å². The van der Waals surface area contributed by atoms with Crippen LogP contribution in [0.4, 0.5) is 5.69 Å². The van der Waals surface area contributed by atoms with Gasteiger partial charge in [-0.25, -0.2) is 0 Å². The van der Waals surface area contributed by atoms with Crippen LogP contribution in [-0.2, 0) is 23.9 Å². The second kappa shape index (κ2) is 17.8. The first-order valence-electron chi connectivity index (χ1n) is 12.8. The molecule has 202 valence electrons. The van der Waals surface area contributed by atoms with Crippen LogP contribution in [0.3, 0.4) is 0 Å². The molecular weight excluding hydrogens is 460 g/mol. The summed E-state index contributed by atoms with van der Waals surface area (Å²) >= 11 is 0. The van der Waals surface area contributed by atoms with Gasteiger partial charge in [0.1, 0.15) is 6.29 Å². The van der Waals surface area contributed by atoms with Gasteiger partial charge < -0.3 is 24.3 Å². The molecule has 2 aliphatic rings. The summed E-state index contributed by atoms with van der Waals surface area (Å²) in [6.45, 7) is 15.6. The van der Waals surface area contributed by atoms with E-state index < -0.39 is 0 Å². The maximum Gasteiger partial charge on any atom is 0.229 e. The minimum absolute atomic E-state index is 0.0164. The van der Waals surface area contributed by atoms with Crippen molar-refractivity contribution in [3.8, 4) is 0 Å². The number of piperidine rings is 2. The standard InChI is InChI=1S/C20H31NO3.C6H9NO2.C2H4O/c1-16(2)20-15-18(6-5-17(20)3)21-9-7-19(8-10-21)24-14-13-23-12-4-11-22;1-4-2-3-5(8)7-6(4)9;1-2-3/h5-6,15,19,22H,1,4,7-14H2,2-3H3;4H,2-3H2,1H3,(H,7,8,9);2H,1H3. The highest BCUT2D eigenvalue weighted by Gasteiger charge is 2.22. The molecule has 2 heterocycles. The topological polar surface area (TPSA) is 105 Å². The fourth-order valence-electron chi connectivity index (χ4n) is 3.89. The smallest absolute Gasteiger partial charge is 0.229 e. The summed E-state index contributed by atoms with van der Waals surface area (Å²) in [6, 6.07) is 6.65. The minimum atomic E-state index is -0.141. The van der Waals surface area contributed by atoms with Crippen LogP contribution in [0.2, 0.25) is 0 Å². The third-order valence-electron chi connectivity index (χ3n) is 6.03. The quantitative estimate of drug-likeness (QED) is 0.300. The summed E-state index contributed by atoms with van der Waals surface area (Å²) in [5, 5.41) is 10.9. The molecule has 8 heteroatoms.